The lowest BCUT2D eigenvalue weighted by molar-refractivity contribution is -0.126. The number of piperidine rings is 1. The Morgan fingerprint density at radius 1 is 0.903 bits per heavy atom. The monoisotopic (exact) mass is 477 g/mol. The third-order valence-corrected chi connectivity index (χ3v) is 6.23. The molecule has 4 rings (SSSR count). The molecule has 0 aliphatic carbocycles. The molecule has 2 heterocycles. The van der Waals surface area contributed by atoms with Crippen LogP contribution >= 0.6 is 15.9 Å². The molecule has 0 saturated carbocycles. The van der Waals surface area contributed by atoms with Gasteiger partial charge in [-0.25, -0.2) is 0 Å². The number of rotatable bonds is 5. The second-order valence-corrected chi connectivity index (χ2v) is 8.62. The van der Waals surface area contributed by atoms with Gasteiger partial charge >= 0.3 is 0 Å². The van der Waals surface area contributed by atoms with Gasteiger partial charge in [-0.2, -0.15) is 0 Å². The van der Waals surface area contributed by atoms with E-state index in [1.54, 1.807) is 12.4 Å². The molecule has 1 aliphatic heterocycles. The van der Waals surface area contributed by atoms with Gasteiger partial charge in [0.05, 0.1) is 6.04 Å². The van der Waals surface area contributed by atoms with Gasteiger partial charge in [-0.3, -0.25) is 14.6 Å². The van der Waals surface area contributed by atoms with Crippen LogP contribution in [0.1, 0.15) is 40.4 Å². The summed E-state index contributed by atoms with van der Waals surface area (Å²) in [5.74, 6) is -0.0614. The molecular weight excluding hydrogens is 454 g/mol. The highest BCUT2D eigenvalue weighted by Crippen LogP contribution is 2.25. The zero-order valence-corrected chi connectivity index (χ0v) is 18.7. The lowest BCUT2D eigenvalue weighted by Gasteiger charge is -2.32. The molecule has 158 valence electrons. The summed E-state index contributed by atoms with van der Waals surface area (Å²) in [6.07, 6.45) is 4.80. The number of amides is 2. The van der Waals surface area contributed by atoms with Crippen LogP contribution in [0.4, 0.5) is 0 Å². The van der Waals surface area contributed by atoms with E-state index in [9.17, 15) is 9.59 Å². The van der Waals surface area contributed by atoms with Crippen LogP contribution < -0.4 is 5.32 Å². The van der Waals surface area contributed by atoms with E-state index in [2.05, 4.69) is 26.2 Å². The molecule has 3 aromatic rings. The summed E-state index contributed by atoms with van der Waals surface area (Å²) in [6, 6.07) is 21.0. The zero-order valence-electron chi connectivity index (χ0n) is 17.1. The number of carbonyl (C=O) groups excluding carboxylic acids is 2. The van der Waals surface area contributed by atoms with Gasteiger partial charge in [-0.1, -0.05) is 46.3 Å². The average Bonchev–Trinajstić information content (AvgIpc) is 2.83. The summed E-state index contributed by atoms with van der Waals surface area (Å²) in [5.41, 5.74) is 2.70. The predicted octanol–water partition coefficient (Wildman–Crippen LogP) is 4.60. The number of aromatic nitrogens is 1. The maximum absolute atomic E-state index is 13.1. The number of likely N-dealkylation sites (tertiary alicyclic amines) is 1. The Balaban J connectivity index is 1.40. The smallest absolute Gasteiger partial charge is 0.253 e. The first kappa shape index (κ1) is 21.2. The largest absolute Gasteiger partial charge is 0.345 e. The van der Waals surface area contributed by atoms with Gasteiger partial charge in [-0.15, -0.1) is 0 Å². The summed E-state index contributed by atoms with van der Waals surface area (Å²) in [5, 5.41) is 3.23. The van der Waals surface area contributed by atoms with E-state index in [-0.39, 0.29) is 23.8 Å². The molecule has 1 unspecified atom stereocenters. The van der Waals surface area contributed by atoms with Gasteiger partial charge in [0.15, 0.2) is 0 Å². The van der Waals surface area contributed by atoms with Crippen LogP contribution in [0.5, 0.6) is 0 Å². The van der Waals surface area contributed by atoms with Gasteiger partial charge in [-0.05, 0) is 60.4 Å². The molecule has 2 aromatic carbocycles. The van der Waals surface area contributed by atoms with Crippen molar-refractivity contribution in [2.45, 2.75) is 18.9 Å². The van der Waals surface area contributed by atoms with Gasteiger partial charge in [0, 0.05) is 41.4 Å². The van der Waals surface area contributed by atoms with E-state index < -0.39 is 0 Å². The zero-order chi connectivity index (χ0) is 21.6. The van der Waals surface area contributed by atoms with E-state index in [4.69, 9.17) is 0 Å². The fourth-order valence-corrected chi connectivity index (χ4v) is 4.20. The van der Waals surface area contributed by atoms with Crippen molar-refractivity contribution in [3.8, 4) is 0 Å². The van der Waals surface area contributed by atoms with Crippen molar-refractivity contribution in [2.24, 2.45) is 5.92 Å². The normalized spacial score (nSPS) is 15.3. The first-order valence-electron chi connectivity index (χ1n) is 10.4. The van der Waals surface area contributed by atoms with Gasteiger partial charge in [0.25, 0.3) is 5.91 Å². The van der Waals surface area contributed by atoms with Crippen molar-refractivity contribution >= 4 is 27.7 Å². The lowest BCUT2D eigenvalue weighted by atomic mass is 9.93. The molecule has 1 aliphatic rings. The Hall–Kier alpha value is -2.99. The summed E-state index contributed by atoms with van der Waals surface area (Å²) in [6.45, 7) is 1.16. The Kier molecular flexibility index (Phi) is 6.77. The molecule has 1 aromatic heterocycles. The third kappa shape index (κ3) is 5.20. The van der Waals surface area contributed by atoms with Gasteiger partial charge in [0.2, 0.25) is 5.91 Å². The number of nitrogens with one attached hydrogen (secondary N) is 1. The highest BCUT2D eigenvalue weighted by molar-refractivity contribution is 9.10. The lowest BCUT2D eigenvalue weighted by Crippen LogP contribution is -2.43. The molecule has 1 saturated heterocycles. The molecule has 1 fully saturated rings. The fraction of sp³-hybridized carbons (Fsp3) is 0.240. The van der Waals surface area contributed by atoms with Crippen LogP contribution in [0, 0.1) is 5.92 Å². The quantitative estimate of drug-likeness (QED) is 0.583. The van der Waals surface area contributed by atoms with Crippen LogP contribution in [-0.2, 0) is 4.79 Å². The maximum Gasteiger partial charge on any atom is 0.253 e. The number of halogens is 1. The van der Waals surface area contributed by atoms with E-state index in [1.807, 2.05) is 71.6 Å². The minimum atomic E-state index is -0.223. The van der Waals surface area contributed by atoms with Crippen LogP contribution in [0.15, 0.2) is 83.6 Å². The van der Waals surface area contributed by atoms with Gasteiger partial charge < -0.3 is 10.2 Å². The average molecular weight is 478 g/mol. The first-order chi connectivity index (χ1) is 15.1. The molecule has 2 amide bonds. The van der Waals surface area contributed by atoms with Gasteiger partial charge in [0.1, 0.15) is 0 Å². The second-order valence-electron chi connectivity index (χ2n) is 7.71. The number of pyridine rings is 1. The van der Waals surface area contributed by atoms with Crippen molar-refractivity contribution in [1.82, 2.24) is 15.2 Å². The molecule has 5 nitrogen and oxygen atoms in total. The maximum atomic E-state index is 13.1. The summed E-state index contributed by atoms with van der Waals surface area (Å²) in [7, 11) is 0. The highest BCUT2D eigenvalue weighted by Gasteiger charge is 2.29. The van der Waals surface area contributed by atoms with Crippen LogP contribution in [0.25, 0.3) is 0 Å². The Bertz CT molecular complexity index is 978. The molecule has 1 atom stereocenters. The first-order valence-corrected chi connectivity index (χ1v) is 11.2. The molecule has 31 heavy (non-hydrogen) atoms. The predicted molar refractivity (Wildman–Crippen MR) is 123 cm³/mol. The van der Waals surface area contributed by atoms with Crippen molar-refractivity contribution in [3.05, 3.63) is 100 Å². The number of hydrogen-bond acceptors (Lipinski definition) is 3. The minimum absolute atomic E-state index is 0.0188. The number of benzene rings is 2. The van der Waals surface area contributed by atoms with Crippen molar-refractivity contribution in [3.63, 3.8) is 0 Å². The van der Waals surface area contributed by atoms with Crippen LogP contribution in [0.3, 0.4) is 0 Å². The number of carbonyl (C=O) groups is 2. The van der Waals surface area contributed by atoms with Crippen LogP contribution in [-0.4, -0.2) is 34.8 Å². The fourth-order valence-electron chi connectivity index (χ4n) is 3.94. The molecule has 0 spiro atoms. The van der Waals surface area contributed by atoms with Crippen molar-refractivity contribution in [1.29, 1.82) is 0 Å². The van der Waals surface area contributed by atoms with E-state index >= 15 is 0 Å². The number of nitrogens with zero attached hydrogens (tertiary/aromatic N) is 2. The second kappa shape index (κ2) is 9.88. The Labute approximate surface area is 190 Å². The highest BCUT2D eigenvalue weighted by atomic mass is 79.9. The Morgan fingerprint density at radius 2 is 1.52 bits per heavy atom. The van der Waals surface area contributed by atoms with Crippen molar-refractivity contribution in [2.75, 3.05) is 13.1 Å². The van der Waals surface area contributed by atoms with Crippen LogP contribution in [0.2, 0.25) is 0 Å². The topological polar surface area (TPSA) is 62.3 Å². The molecule has 1 N–H and O–H groups in total. The molecule has 6 heteroatoms. The standard InChI is InChI=1S/C25H24BrN3O2/c26-22-8-6-21(7-9-22)25(31)29-16-12-20(13-17-29)24(30)28-23(18-4-2-1-3-5-18)19-10-14-27-15-11-19/h1-11,14-15,20,23H,12-13,16-17H2,(H,28,30). The van der Waals surface area contributed by atoms with E-state index in [0.717, 1.165) is 15.6 Å². The van der Waals surface area contributed by atoms with E-state index in [0.29, 0.717) is 31.5 Å². The number of hydrogen-bond donors (Lipinski definition) is 1. The molecule has 0 radical (unpaired) electrons. The summed E-state index contributed by atoms with van der Waals surface area (Å²) >= 11 is 3.39. The van der Waals surface area contributed by atoms with E-state index in [1.165, 1.54) is 0 Å². The summed E-state index contributed by atoms with van der Waals surface area (Å²) in [4.78, 5) is 31.8. The third-order valence-electron chi connectivity index (χ3n) is 5.70. The summed E-state index contributed by atoms with van der Waals surface area (Å²) < 4.78 is 0.946. The minimum Gasteiger partial charge on any atom is -0.345 e. The Morgan fingerprint density at radius 3 is 2.16 bits per heavy atom. The molecule has 0 bridgehead atoms. The van der Waals surface area contributed by atoms with Crippen molar-refractivity contribution < 1.29 is 9.59 Å². The SMILES string of the molecule is O=C(NC(c1ccccc1)c1ccncc1)C1CCN(C(=O)c2ccc(Br)cc2)CC1. The molecular formula is C25H24BrN3O2.